The van der Waals surface area contributed by atoms with Gasteiger partial charge in [0.05, 0.1) is 24.2 Å². The Morgan fingerprint density at radius 1 is 1.04 bits per heavy atom. The highest BCUT2D eigenvalue weighted by molar-refractivity contribution is 7.89. The monoisotopic (exact) mass is 365 g/mol. The van der Waals surface area contributed by atoms with Gasteiger partial charge in [-0.25, -0.2) is 12.8 Å². The number of halogens is 1. The summed E-state index contributed by atoms with van der Waals surface area (Å²) in [6.45, 7) is 0.824. The molecule has 2 heterocycles. The minimum absolute atomic E-state index is 0.0780. The highest BCUT2D eigenvalue weighted by atomic mass is 32.2. The van der Waals surface area contributed by atoms with Gasteiger partial charge >= 0.3 is 0 Å². The Balaban J connectivity index is 1.70. The van der Waals surface area contributed by atoms with Crippen molar-refractivity contribution in [2.45, 2.75) is 10.9 Å². The molecule has 6 nitrogen and oxygen atoms in total. The first-order valence-corrected chi connectivity index (χ1v) is 9.24. The molecule has 0 aliphatic carbocycles. The number of morpholine rings is 1. The van der Waals surface area contributed by atoms with Crippen LogP contribution in [0.2, 0.25) is 0 Å². The van der Waals surface area contributed by atoms with Gasteiger partial charge in [-0.05, 0) is 29.8 Å². The standard InChI is InChI=1S/C17H16FNO5S/c18-13-3-1-12(2-4-13)15-10-22-8-7-19(15)25(20,21)14-5-6-16-17(9-14)24-11-23-16/h1-6,9,15H,7-8,10-11H2. The van der Waals surface area contributed by atoms with Crippen molar-refractivity contribution in [3.05, 3.63) is 53.8 Å². The summed E-state index contributed by atoms with van der Waals surface area (Å²) in [5.74, 6) is 0.564. The first kappa shape index (κ1) is 16.3. The van der Waals surface area contributed by atoms with Crippen LogP contribution in [0.1, 0.15) is 11.6 Å². The van der Waals surface area contributed by atoms with Crippen LogP contribution in [0.15, 0.2) is 47.4 Å². The van der Waals surface area contributed by atoms with Crippen molar-refractivity contribution in [1.29, 1.82) is 0 Å². The molecule has 2 aliphatic heterocycles. The first-order chi connectivity index (χ1) is 12.1. The predicted molar refractivity (Wildman–Crippen MR) is 86.4 cm³/mol. The maximum Gasteiger partial charge on any atom is 0.243 e. The zero-order chi connectivity index (χ0) is 17.4. The minimum Gasteiger partial charge on any atom is -0.454 e. The normalized spacial score (nSPS) is 20.6. The van der Waals surface area contributed by atoms with Crippen molar-refractivity contribution in [3.63, 3.8) is 0 Å². The number of hydrogen-bond acceptors (Lipinski definition) is 5. The fourth-order valence-corrected chi connectivity index (χ4v) is 4.60. The molecular weight excluding hydrogens is 349 g/mol. The molecule has 1 fully saturated rings. The molecule has 0 radical (unpaired) electrons. The number of ether oxygens (including phenoxy) is 3. The maximum atomic E-state index is 13.2. The summed E-state index contributed by atoms with van der Waals surface area (Å²) in [5, 5.41) is 0. The van der Waals surface area contributed by atoms with Gasteiger partial charge < -0.3 is 14.2 Å². The molecule has 0 spiro atoms. The molecule has 8 heteroatoms. The van der Waals surface area contributed by atoms with Gasteiger partial charge in [0.15, 0.2) is 11.5 Å². The average Bonchev–Trinajstić information content (AvgIpc) is 3.10. The lowest BCUT2D eigenvalue weighted by atomic mass is 10.1. The van der Waals surface area contributed by atoms with E-state index in [-0.39, 0.29) is 30.7 Å². The number of nitrogens with zero attached hydrogens (tertiary/aromatic N) is 1. The Morgan fingerprint density at radius 3 is 2.60 bits per heavy atom. The van der Waals surface area contributed by atoms with Crippen LogP contribution >= 0.6 is 0 Å². The van der Waals surface area contributed by atoms with Crippen molar-refractivity contribution in [2.24, 2.45) is 0 Å². The van der Waals surface area contributed by atoms with Crippen LogP contribution in [-0.2, 0) is 14.8 Å². The molecule has 0 amide bonds. The number of sulfonamides is 1. The van der Waals surface area contributed by atoms with Crippen LogP contribution in [0.4, 0.5) is 4.39 Å². The second-order valence-corrected chi connectivity index (χ2v) is 7.66. The maximum absolute atomic E-state index is 13.2. The van der Waals surface area contributed by atoms with Crippen LogP contribution in [0.25, 0.3) is 0 Å². The zero-order valence-electron chi connectivity index (χ0n) is 13.2. The summed E-state index contributed by atoms with van der Waals surface area (Å²) in [6.07, 6.45) is 0. The average molecular weight is 365 g/mol. The van der Waals surface area contributed by atoms with Crippen molar-refractivity contribution in [1.82, 2.24) is 4.31 Å². The van der Waals surface area contributed by atoms with E-state index in [0.717, 1.165) is 0 Å². The van der Waals surface area contributed by atoms with Crippen LogP contribution in [0, 0.1) is 5.82 Å². The molecule has 2 aromatic carbocycles. The van der Waals surface area contributed by atoms with Gasteiger partial charge in [-0.2, -0.15) is 4.31 Å². The summed E-state index contributed by atoms with van der Waals surface area (Å²) < 4.78 is 56.8. The SMILES string of the molecule is O=S(=O)(c1ccc2c(c1)OCO2)N1CCOCC1c1ccc(F)cc1. The fourth-order valence-electron chi connectivity index (χ4n) is 3.00. The van der Waals surface area contributed by atoms with E-state index in [9.17, 15) is 12.8 Å². The van der Waals surface area contributed by atoms with E-state index < -0.39 is 16.1 Å². The molecule has 25 heavy (non-hydrogen) atoms. The Labute approximate surface area is 144 Å². The van der Waals surface area contributed by atoms with Crippen molar-refractivity contribution in [3.8, 4) is 11.5 Å². The molecular formula is C17H16FNO5S. The molecule has 2 aliphatic rings. The van der Waals surface area contributed by atoms with Gasteiger partial charge in [0, 0.05) is 12.6 Å². The second-order valence-electron chi connectivity index (χ2n) is 5.77. The zero-order valence-corrected chi connectivity index (χ0v) is 14.0. The summed E-state index contributed by atoms with van der Waals surface area (Å²) in [6, 6.07) is 9.83. The van der Waals surface area contributed by atoms with E-state index in [4.69, 9.17) is 14.2 Å². The number of rotatable bonds is 3. The summed E-state index contributed by atoms with van der Waals surface area (Å²) in [5.41, 5.74) is 0.686. The van der Waals surface area contributed by atoms with Crippen molar-refractivity contribution < 1.29 is 27.0 Å². The quantitative estimate of drug-likeness (QED) is 0.835. The van der Waals surface area contributed by atoms with Gasteiger partial charge in [0.25, 0.3) is 0 Å². The Morgan fingerprint density at radius 2 is 1.80 bits per heavy atom. The van der Waals surface area contributed by atoms with E-state index in [0.29, 0.717) is 23.7 Å². The summed E-state index contributed by atoms with van der Waals surface area (Å²) in [7, 11) is -3.77. The predicted octanol–water partition coefficient (Wildman–Crippen LogP) is 2.32. The number of hydrogen-bond donors (Lipinski definition) is 0. The number of benzene rings is 2. The molecule has 1 unspecified atom stereocenters. The summed E-state index contributed by atoms with van der Waals surface area (Å²) in [4.78, 5) is 0.130. The van der Waals surface area contributed by atoms with Gasteiger partial charge in [-0.1, -0.05) is 12.1 Å². The Hall–Kier alpha value is -2.16. The lowest BCUT2D eigenvalue weighted by molar-refractivity contribution is 0.0320. The Bertz CT molecular complexity index is 884. The molecule has 0 bridgehead atoms. The van der Waals surface area contributed by atoms with Gasteiger partial charge in [0.2, 0.25) is 16.8 Å². The second kappa shape index (κ2) is 6.29. The third-order valence-corrected chi connectivity index (χ3v) is 6.19. The topological polar surface area (TPSA) is 65.1 Å². The van der Waals surface area contributed by atoms with Crippen LogP contribution < -0.4 is 9.47 Å². The van der Waals surface area contributed by atoms with E-state index in [2.05, 4.69) is 0 Å². The lowest BCUT2D eigenvalue weighted by Crippen LogP contribution is -2.43. The smallest absolute Gasteiger partial charge is 0.243 e. The molecule has 4 rings (SSSR count). The highest BCUT2D eigenvalue weighted by Crippen LogP contribution is 2.36. The molecule has 0 N–H and O–H groups in total. The number of fused-ring (bicyclic) bond motifs is 1. The molecule has 0 aromatic heterocycles. The van der Waals surface area contributed by atoms with Crippen molar-refractivity contribution in [2.75, 3.05) is 26.6 Å². The molecule has 1 atom stereocenters. The largest absolute Gasteiger partial charge is 0.454 e. The van der Waals surface area contributed by atoms with E-state index in [1.54, 1.807) is 18.2 Å². The molecule has 0 saturated carbocycles. The van der Waals surface area contributed by atoms with Crippen LogP contribution in [0.3, 0.4) is 0 Å². The van der Waals surface area contributed by atoms with E-state index >= 15 is 0 Å². The minimum atomic E-state index is -3.77. The summed E-state index contributed by atoms with van der Waals surface area (Å²) >= 11 is 0. The first-order valence-electron chi connectivity index (χ1n) is 7.80. The lowest BCUT2D eigenvalue weighted by Gasteiger charge is -2.34. The van der Waals surface area contributed by atoms with Gasteiger partial charge in [0.1, 0.15) is 5.82 Å². The third-order valence-electron chi connectivity index (χ3n) is 4.28. The van der Waals surface area contributed by atoms with Crippen LogP contribution in [-0.4, -0.2) is 39.3 Å². The Kier molecular flexibility index (Phi) is 4.10. The van der Waals surface area contributed by atoms with E-state index in [1.165, 1.54) is 28.6 Å². The van der Waals surface area contributed by atoms with Crippen LogP contribution in [0.5, 0.6) is 11.5 Å². The fraction of sp³-hybridized carbons (Fsp3) is 0.294. The third kappa shape index (κ3) is 2.97. The molecule has 132 valence electrons. The van der Waals surface area contributed by atoms with Gasteiger partial charge in [-0.15, -0.1) is 0 Å². The molecule has 1 saturated heterocycles. The van der Waals surface area contributed by atoms with Crippen molar-refractivity contribution >= 4 is 10.0 Å². The highest BCUT2D eigenvalue weighted by Gasteiger charge is 2.35. The van der Waals surface area contributed by atoms with E-state index in [1.807, 2.05) is 0 Å². The van der Waals surface area contributed by atoms with Gasteiger partial charge in [-0.3, -0.25) is 0 Å². The molecule has 2 aromatic rings.